The van der Waals surface area contributed by atoms with Crippen LogP contribution in [-0.2, 0) is 10.0 Å². The minimum atomic E-state index is -3.66. The van der Waals surface area contributed by atoms with E-state index in [0.717, 1.165) is 15.2 Å². The minimum Gasteiger partial charge on any atom is -0.199 e. The second-order valence-electron chi connectivity index (χ2n) is 4.64. The first-order valence-electron chi connectivity index (χ1n) is 5.79. The van der Waals surface area contributed by atoms with Gasteiger partial charge in [0, 0.05) is 4.47 Å². The molecule has 6 heteroatoms. The molecule has 2 rings (SSSR count). The molecule has 0 radical (unpaired) electrons. The van der Waals surface area contributed by atoms with Gasteiger partial charge in [0.1, 0.15) is 4.90 Å². The van der Waals surface area contributed by atoms with E-state index in [9.17, 15) is 8.42 Å². The van der Waals surface area contributed by atoms with Crippen molar-refractivity contribution in [2.45, 2.75) is 32.6 Å². The van der Waals surface area contributed by atoms with E-state index >= 15 is 0 Å². The first-order valence-corrected chi connectivity index (χ1v) is 8.02. The summed E-state index contributed by atoms with van der Waals surface area (Å²) in [5, 5.41) is 4.06. The van der Waals surface area contributed by atoms with E-state index < -0.39 is 10.0 Å². The van der Waals surface area contributed by atoms with E-state index in [2.05, 4.69) is 21.0 Å². The maximum Gasteiger partial charge on any atom is 0.284 e. The van der Waals surface area contributed by atoms with Gasteiger partial charge in [-0.3, -0.25) is 0 Å². The van der Waals surface area contributed by atoms with E-state index in [4.69, 9.17) is 0 Å². The van der Waals surface area contributed by atoms with E-state index in [1.54, 1.807) is 26.0 Å². The van der Waals surface area contributed by atoms with Gasteiger partial charge in [-0.15, -0.1) is 0 Å². The van der Waals surface area contributed by atoms with Crippen LogP contribution in [0, 0.1) is 27.7 Å². The number of hydrogen-bond donors (Lipinski definition) is 0. The van der Waals surface area contributed by atoms with Crippen LogP contribution in [0.4, 0.5) is 0 Å². The number of nitrogens with zero attached hydrogens (tertiary/aromatic N) is 2. The summed E-state index contributed by atoms with van der Waals surface area (Å²) in [6.45, 7) is 7.34. The molecule has 4 nitrogen and oxygen atoms in total. The van der Waals surface area contributed by atoms with Crippen molar-refractivity contribution < 1.29 is 8.42 Å². The molecule has 0 aliphatic heterocycles. The quantitative estimate of drug-likeness (QED) is 0.842. The van der Waals surface area contributed by atoms with Gasteiger partial charge in [-0.25, -0.2) is 0 Å². The van der Waals surface area contributed by atoms with Crippen LogP contribution in [0.5, 0.6) is 0 Å². The second kappa shape index (κ2) is 4.76. The maximum absolute atomic E-state index is 12.6. The molecular formula is C13H15BrN2O2S. The molecule has 0 unspecified atom stereocenters. The Hall–Kier alpha value is -1.14. The predicted octanol–water partition coefficient (Wildman–Crippen LogP) is 3.12. The third kappa shape index (κ3) is 2.47. The SMILES string of the molecule is Cc1cc(C)n(S(=O)(=O)c2cc(C)c(C)cc2Br)n1. The van der Waals surface area contributed by atoms with E-state index in [1.165, 1.54) is 0 Å². The van der Waals surface area contributed by atoms with Gasteiger partial charge in [-0.05, 0) is 73.0 Å². The highest BCUT2D eigenvalue weighted by Gasteiger charge is 2.23. The summed E-state index contributed by atoms with van der Waals surface area (Å²) in [5.41, 5.74) is 3.26. The number of hydrogen-bond acceptors (Lipinski definition) is 3. The Balaban J connectivity index is 2.70. The highest BCUT2D eigenvalue weighted by Crippen LogP contribution is 2.27. The Bertz CT molecular complexity index is 748. The molecule has 0 atom stereocenters. The molecule has 0 aliphatic rings. The van der Waals surface area contributed by atoms with Crippen LogP contribution in [0.25, 0.3) is 0 Å². The molecule has 0 N–H and O–H groups in total. The lowest BCUT2D eigenvalue weighted by atomic mass is 10.1. The Morgan fingerprint density at radius 1 is 1.05 bits per heavy atom. The Morgan fingerprint density at radius 3 is 2.16 bits per heavy atom. The second-order valence-corrected chi connectivity index (χ2v) is 7.23. The highest BCUT2D eigenvalue weighted by atomic mass is 79.9. The van der Waals surface area contributed by atoms with Gasteiger partial charge in [0.2, 0.25) is 0 Å². The topological polar surface area (TPSA) is 52.0 Å². The lowest BCUT2D eigenvalue weighted by molar-refractivity contribution is 0.577. The fourth-order valence-electron chi connectivity index (χ4n) is 1.90. The van der Waals surface area contributed by atoms with E-state index in [0.29, 0.717) is 15.9 Å². The molecule has 102 valence electrons. The first-order chi connectivity index (χ1) is 8.73. The fraction of sp³-hybridized carbons (Fsp3) is 0.308. The van der Waals surface area contributed by atoms with Crippen LogP contribution in [0.3, 0.4) is 0 Å². The molecule has 0 saturated heterocycles. The normalized spacial score (nSPS) is 11.8. The smallest absolute Gasteiger partial charge is 0.199 e. The minimum absolute atomic E-state index is 0.238. The van der Waals surface area contributed by atoms with Gasteiger partial charge in [-0.2, -0.15) is 17.6 Å². The van der Waals surface area contributed by atoms with E-state index in [-0.39, 0.29) is 4.90 Å². The predicted molar refractivity (Wildman–Crippen MR) is 77.9 cm³/mol. The molecule has 0 spiro atoms. The van der Waals surface area contributed by atoms with Gasteiger partial charge in [-0.1, -0.05) is 0 Å². The van der Waals surface area contributed by atoms with Crippen molar-refractivity contribution in [3.8, 4) is 0 Å². The Morgan fingerprint density at radius 2 is 1.63 bits per heavy atom. The molecule has 1 heterocycles. The third-order valence-corrected chi connectivity index (χ3v) is 5.66. The number of benzene rings is 1. The van der Waals surface area contributed by atoms with Crippen molar-refractivity contribution in [3.63, 3.8) is 0 Å². The van der Waals surface area contributed by atoms with Crippen molar-refractivity contribution in [2.75, 3.05) is 0 Å². The van der Waals surface area contributed by atoms with E-state index in [1.807, 2.05) is 19.9 Å². The summed E-state index contributed by atoms with van der Waals surface area (Å²) < 4.78 is 26.9. The summed E-state index contributed by atoms with van der Waals surface area (Å²) in [4.78, 5) is 0.238. The number of rotatable bonds is 2. The summed E-state index contributed by atoms with van der Waals surface area (Å²) >= 11 is 3.33. The fourth-order valence-corrected chi connectivity index (χ4v) is 4.45. The summed E-state index contributed by atoms with van der Waals surface area (Å²) in [5.74, 6) is 0. The Kier molecular flexibility index (Phi) is 3.57. The third-order valence-electron chi connectivity index (χ3n) is 3.02. The van der Waals surface area contributed by atoms with Crippen molar-refractivity contribution >= 4 is 26.0 Å². The zero-order valence-corrected chi connectivity index (χ0v) is 13.6. The molecule has 19 heavy (non-hydrogen) atoms. The van der Waals surface area contributed by atoms with Crippen molar-refractivity contribution in [2.24, 2.45) is 0 Å². The number of aromatic nitrogens is 2. The lowest BCUT2D eigenvalue weighted by Crippen LogP contribution is -2.17. The van der Waals surface area contributed by atoms with Crippen LogP contribution >= 0.6 is 15.9 Å². The van der Waals surface area contributed by atoms with Crippen LogP contribution in [-0.4, -0.2) is 17.6 Å². The monoisotopic (exact) mass is 342 g/mol. The van der Waals surface area contributed by atoms with Crippen LogP contribution in [0.1, 0.15) is 22.5 Å². The van der Waals surface area contributed by atoms with Gasteiger partial charge in [0.05, 0.1) is 11.4 Å². The molecule has 0 bridgehead atoms. The van der Waals surface area contributed by atoms with Gasteiger partial charge in [0.25, 0.3) is 10.0 Å². The average molecular weight is 343 g/mol. The van der Waals surface area contributed by atoms with Crippen molar-refractivity contribution in [1.82, 2.24) is 9.19 Å². The standard InChI is InChI=1S/C13H15BrN2O2S/c1-8-5-12(14)13(6-9(8)2)19(17,18)16-11(4)7-10(3)15-16/h5-7H,1-4H3. The lowest BCUT2D eigenvalue weighted by Gasteiger charge is -2.11. The molecule has 1 aromatic carbocycles. The molecule has 0 amide bonds. The zero-order valence-electron chi connectivity index (χ0n) is 11.2. The summed E-state index contributed by atoms with van der Waals surface area (Å²) in [6, 6.07) is 5.23. The molecule has 2 aromatic rings. The Labute approximate surface area is 121 Å². The summed E-state index contributed by atoms with van der Waals surface area (Å²) in [7, 11) is -3.66. The summed E-state index contributed by atoms with van der Waals surface area (Å²) in [6.07, 6.45) is 0. The number of halogens is 1. The molecular weight excluding hydrogens is 328 g/mol. The van der Waals surface area contributed by atoms with Gasteiger partial charge in [0.15, 0.2) is 0 Å². The molecule has 1 aromatic heterocycles. The molecule has 0 aliphatic carbocycles. The maximum atomic E-state index is 12.6. The van der Waals surface area contributed by atoms with Crippen LogP contribution < -0.4 is 0 Å². The molecule has 0 fully saturated rings. The highest BCUT2D eigenvalue weighted by molar-refractivity contribution is 9.10. The average Bonchev–Trinajstić information content (AvgIpc) is 2.63. The van der Waals surface area contributed by atoms with Crippen molar-refractivity contribution in [1.29, 1.82) is 0 Å². The number of aryl methyl sites for hydroxylation is 4. The largest absolute Gasteiger partial charge is 0.284 e. The first kappa shape index (κ1) is 14.3. The zero-order chi connectivity index (χ0) is 14.4. The van der Waals surface area contributed by atoms with Crippen molar-refractivity contribution in [3.05, 3.63) is 45.2 Å². The van der Waals surface area contributed by atoms with Crippen LogP contribution in [0.2, 0.25) is 0 Å². The van der Waals surface area contributed by atoms with Gasteiger partial charge < -0.3 is 0 Å². The van der Waals surface area contributed by atoms with Gasteiger partial charge >= 0.3 is 0 Å². The molecule has 0 saturated carbocycles. The van der Waals surface area contributed by atoms with Crippen LogP contribution in [0.15, 0.2) is 27.6 Å².